The van der Waals surface area contributed by atoms with Gasteiger partial charge in [0.05, 0.1) is 18.2 Å². The van der Waals surface area contributed by atoms with E-state index in [1.54, 1.807) is 6.92 Å². The first kappa shape index (κ1) is 13.0. The van der Waals surface area contributed by atoms with Crippen LogP contribution < -0.4 is 10.6 Å². The van der Waals surface area contributed by atoms with Crippen LogP contribution in [0.15, 0.2) is 0 Å². The van der Waals surface area contributed by atoms with Gasteiger partial charge in [0.2, 0.25) is 5.91 Å². The second-order valence-corrected chi connectivity index (χ2v) is 4.46. The number of rotatable bonds is 5. The lowest BCUT2D eigenvalue weighted by molar-refractivity contribution is -0.122. The van der Waals surface area contributed by atoms with Crippen molar-refractivity contribution in [3.8, 4) is 12.3 Å². The maximum absolute atomic E-state index is 11.5. The first-order valence-corrected chi connectivity index (χ1v) is 5.74. The quantitative estimate of drug-likeness (QED) is 0.577. The molecule has 0 bridgehead atoms. The van der Waals surface area contributed by atoms with Gasteiger partial charge in [0, 0.05) is 6.54 Å². The summed E-state index contributed by atoms with van der Waals surface area (Å²) in [5.41, 5.74) is -0.624. The number of hydrogen-bond donors (Lipinski definition) is 3. The Balaban J connectivity index is 2.26. The molecule has 1 rings (SSSR count). The molecule has 0 spiro atoms. The minimum atomic E-state index is -0.624. The van der Waals surface area contributed by atoms with Crippen molar-refractivity contribution in [2.75, 3.05) is 13.1 Å². The van der Waals surface area contributed by atoms with Gasteiger partial charge in [0.1, 0.15) is 0 Å². The van der Waals surface area contributed by atoms with Crippen LogP contribution in [-0.4, -0.2) is 35.7 Å². The topological polar surface area (TPSA) is 61.4 Å². The van der Waals surface area contributed by atoms with Gasteiger partial charge < -0.3 is 15.7 Å². The summed E-state index contributed by atoms with van der Waals surface area (Å²) < 4.78 is 0. The molecule has 1 aliphatic rings. The highest BCUT2D eigenvalue weighted by atomic mass is 16.3. The molecule has 1 unspecified atom stereocenters. The highest BCUT2D eigenvalue weighted by Gasteiger charge is 2.31. The van der Waals surface area contributed by atoms with Crippen molar-refractivity contribution in [3.63, 3.8) is 0 Å². The standard InChI is InChI=1S/C12H20N2O2/c1-3-8-13-11(15)10(2)14-9-12(16)6-4-5-7-12/h1,10,14,16H,4-9H2,2H3,(H,13,15). The molecule has 0 aromatic rings. The largest absolute Gasteiger partial charge is 0.389 e. The minimum absolute atomic E-state index is 0.125. The van der Waals surface area contributed by atoms with E-state index in [0.717, 1.165) is 25.7 Å². The molecule has 1 atom stereocenters. The third-order valence-electron chi connectivity index (χ3n) is 3.03. The van der Waals surface area contributed by atoms with Crippen LogP contribution in [0.4, 0.5) is 0 Å². The lowest BCUT2D eigenvalue weighted by atomic mass is 10.0. The van der Waals surface area contributed by atoms with E-state index in [4.69, 9.17) is 6.42 Å². The van der Waals surface area contributed by atoms with Crippen molar-refractivity contribution in [2.45, 2.75) is 44.2 Å². The molecule has 1 saturated carbocycles. The van der Waals surface area contributed by atoms with Crippen LogP contribution >= 0.6 is 0 Å². The Morgan fingerprint density at radius 3 is 2.75 bits per heavy atom. The maximum Gasteiger partial charge on any atom is 0.237 e. The number of carbonyl (C=O) groups is 1. The molecule has 1 fully saturated rings. The lowest BCUT2D eigenvalue weighted by Crippen LogP contribution is -2.48. The lowest BCUT2D eigenvalue weighted by Gasteiger charge is -2.24. The molecule has 0 aliphatic heterocycles. The van der Waals surface area contributed by atoms with Crippen LogP contribution in [0.1, 0.15) is 32.6 Å². The molecular formula is C12H20N2O2. The molecule has 0 radical (unpaired) electrons. The van der Waals surface area contributed by atoms with Crippen LogP contribution in [0.3, 0.4) is 0 Å². The Labute approximate surface area is 96.8 Å². The summed E-state index contributed by atoms with van der Waals surface area (Å²) in [5.74, 6) is 2.22. The van der Waals surface area contributed by atoms with Gasteiger partial charge >= 0.3 is 0 Å². The van der Waals surface area contributed by atoms with Gasteiger partial charge in [-0.3, -0.25) is 4.79 Å². The Morgan fingerprint density at radius 2 is 2.19 bits per heavy atom. The molecule has 0 aromatic heterocycles. The van der Waals surface area contributed by atoms with Crippen molar-refractivity contribution < 1.29 is 9.90 Å². The van der Waals surface area contributed by atoms with Gasteiger partial charge in [-0.25, -0.2) is 0 Å². The van der Waals surface area contributed by atoms with Crippen molar-refractivity contribution in [2.24, 2.45) is 0 Å². The predicted molar refractivity (Wildman–Crippen MR) is 62.7 cm³/mol. The number of amides is 1. The van der Waals surface area contributed by atoms with Crippen LogP contribution in [0.25, 0.3) is 0 Å². The average molecular weight is 224 g/mol. The predicted octanol–water partition coefficient (Wildman–Crippen LogP) is 0.0190. The molecule has 90 valence electrons. The summed E-state index contributed by atoms with van der Waals surface area (Å²) >= 11 is 0. The van der Waals surface area contributed by atoms with Gasteiger partial charge in [0.25, 0.3) is 0 Å². The summed E-state index contributed by atoms with van der Waals surface area (Å²) in [6.45, 7) is 2.48. The zero-order chi connectivity index (χ0) is 12.0. The number of carbonyl (C=O) groups excluding carboxylic acids is 1. The van der Waals surface area contributed by atoms with Crippen molar-refractivity contribution in [1.29, 1.82) is 0 Å². The van der Waals surface area contributed by atoms with Crippen LogP contribution in [0, 0.1) is 12.3 Å². The summed E-state index contributed by atoms with van der Waals surface area (Å²) in [4.78, 5) is 11.5. The van der Waals surface area contributed by atoms with E-state index >= 15 is 0 Å². The molecule has 0 aromatic carbocycles. The van der Waals surface area contributed by atoms with Crippen molar-refractivity contribution in [1.82, 2.24) is 10.6 Å². The van der Waals surface area contributed by atoms with Crippen LogP contribution in [0.2, 0.25) is 0 Å². The zero-order valence-corrected chi connectivity index (χ0v) is 9.75. The third kappa shape index (κ3) is 3.84. The fraction of sp³-hybridized carbons (Fsp3) is 0.750. The smallest absolute Gasteiger partial charge is 0.237 e. The highest BCUT2D eigenvalue weighted by Crippen LogP contribution is 2.28. The van der Waals surface area contributed by atoms with Gasteiger partial charge in [-0.2, -0.15) is 0 Å². The first-order valence-electron chi connectivity index (χ1n) is 5.74. The fourth-order valence-electron chi connectivity index (χ4n) is 1.94. The van der Waals surface area contributed by atoms with Gasteiger partial charge in [-0.15, -0.1) is 6.42 Å². The van der Waals surface area contributed by atoms with Gasteiger partial charge in [-0.1, -0.05) is 18.8 Å². The Hall–Kier alpha value is -1.05. The maximum atomic E-state index is 11.5. The monoisotopic (exact) mass is 224 g/mol. The normalized spacial score (nSPS) is 20.1. The number of hydrogen-bond acceptors (Lipinski definition) is 3. The third-order valence-corrected chi connectivity index (χ3v) is 3.03. The summed E-state index contributed by atoms with van der Waals surface area (Å²) in [7, 11) is 0. The Kier molecular flexibility index (Phi) is 4.78. The minimum Gasteiger partial charge on any atom is -0.389 e. The Bertz CT molecular complexity index is 277. The molecule has 0 saturated heterocycles. The number of aliphatic hydroxyl groups is 1. The average Bonchev–Trinajstić information content (AvgIpc) is 2.70. The molecular weight excluding hydrogens is 204 g/mol. The number of terminal acetylenes is 1. The van der Waals surface area contributed by atoms with Gasteiger partial charge in [-0.05, 0) is 19.8 Å². The molecule has 16 heavy (non-hydrogen) atoms. The van der Waals surface area contributed by atoms with E-state index in [1.165, 1.54) is 0 Å². The van der Waals surface area contributed by atoms with Crippen molar-refractivity contribution in [3.05, 3.63) is 0 Å². The summed E-state index contributed by atoms with van der Waals surface area (Å²) in [5, 5.41) is 15.7. The second kappa shape index (κ2) is 5.88. The highest BCUT2D eigenvalue weighted by molar-refractivity contribution is 5.81. The zero-order valence-electron chi connectivity index (χ0n) is 9.75. The summed E-state index contributed by atoms with van der Waals surface area (Å²) in [6, 6.07) is -0.321. The SMILES string of the molecule is C#CCNC(=O)C(C)NCC1(O)CCCC1. The number of nitrogens with one attached hydrogen (secondary N) is 2. The first-order chi connectivity index (χ1) is 7.57. The molecule has 1 amide bonds. The molecule has 0 heterocycles. The Morgan fingerprint density at radius 1 is 1.56 bits per heavy atom. The van der Waals surface area contributed by atoms with E-state index in [1.807, 2.05) is 0 Å². The molecule has 4 nitrogen and oxygen atoms in total. The van der Waals surface area contributed by atoms with Crippen LogP contribution in [0.5, 0.6) is 0 Å². The fourth-order valence-corrected chi connectivity index (χ4v) is 1.94. The van der Waals surface area contributed by atoms with E-state index in [9.17, 15) is 9.90 Å². The van der Waals surface area contributed by atoms with Gasteiger partial charge in [0.15, 0.2) is 0 Å². The molecule has 1 aliphatic carbocycles. The summed E-state index contributed by atoms with van der Waals surface area (Å²) in [6.07, 6.45) is 8.81. The van der Waals surface area contributed by atoms with E-state index in [-0.39, 0.29) is 18.5 Å². The molecule has 3 N–H and O–H groups in total. The van der Waals surface area contributed by atoms with Crippen molar-refractivity contribution >= 4 is 5.91 Å². The second-order valence-electron chi connectivity index (χ2n) is 4.46. The van der Waals surface area contributed by atoms with Crippen LogP contribution in [-0.2, 0) is 4.79 Å². The van der Waals surface area contributed by atoms with E-state index in [0.29, 0.717) is 6.54 Å². The van der Waals surface area contributed by atoms with E-state index in [2.05, 4.69) is 16.6 Å². The molecule has 4 heteroatoms. The van der Waals surface area contributed by atoms with E-state index < -0.39 is 5.60 Å².